The van der Waals surface area contributed by atoms with Gasteiger partial charge in [-0.25, -0.2) is 8.42 Å². The average Bonchev–Trinajstić information content (AvgIpc) is 3.51. The van der Waals surface area contributed by atoms with Gasteiger partial charge in [0.1, 0.15) is 12.6 Å². The number of nitrogens with one attached hydrogen (secondary N) is 1. The summed E-state index contributed by atoms with van der Waals surface area (Å²) in [6, 6.07) is 8.56. The highest BCUT2D eigenvalue weighted by Crippen LogP contribution is 2.32. The Kier molecular flexibility index (Phi) is 8.10. The van der Waals surface area contributed by atoms with Crippen LogP contribution in [0.3, 0.4) is 0 Å². The normalized spacial score (nSPS) is 15.2. The molecule has 36 heavy (non-hydrogen) atoms. The molecule has 3 heterocycles. The number of aromatic nitrogens is 1. The number of morpholine rings is 1. The Morgan fingerprint density at radius 2 is 2.14 bits per heavy atom. The largest absolute Gasteiger partial charge is 0.468 e. The maximum Gasteiger partial charge on any atom is 0.324 e. The lowest BCUT2D eigenvalue weighted by Crippen LogP contribution is -2.44. The number of nitrogens with zero attached hydrogens (tertiary/aromatic N) is 2. The average molecular weight is 554 g/mol. The summed E-state index contributed by atoms with van der Waals surface area (Å²) in [6.45, 7) is 2.40. The second-order valence-corrected chi connectivity index (χ2v) is 11.3. The van der Waals surface area contributed by atoms with Gasteiger partial charge in [-0.15, -0.1) is 11.3 Å². The Balaban J connectivity index is 1.61. The van der Waals surface area contributed by atoms with E-state index in [1.165, 1.54) is 29.4 Å². The number of benzene rings is 1. The Morgan fingerprint density at radius 1 is 1.33 bits per heavy atom. The summed E-state index contributed by atoms with van der Waals surface area (Å²) in [7, 11) is -3.02. The second kappa shape index (κ2) is 11.1. The molecule has 10 nitrogen and oxygen atoms in total. The zero-order chi connectivity index (χ0) is 25.9. The number of carbonyl (C=O) groups excluding carboxylic acids is 2. The Labute approximate surface area is 217 Å². The van der Waals surface area contributed by atoms with E-state index in [2.05, 4.69) is 9.88 Å². The van der Waals surface area contributed by atoms with E-state index in [0.717, 1.165) is 4.88 Å². The minimum absolute atomic E-state index is 0.0234. The molecule has 0 bridgehead atoms. The monoisotopic (exact) mass is 553 g/mol. The number of thiophene rings is 1. The van der Waals surface area contributed by atoms with Crippen molar-refractivity contribution in [3.8, 4) is 10.6 Å². The minimum Gasteiger partial charge on any atom is -0.468 e. The van der Waals surface area contributed by atoms with Gasteiger partial charge in [-0.1, -0.05) is 29.7 Å². The molecular formula is C23H24ClN3O7S2. The number of rotatable bonds is 9. The van der Waals surface area contributed by atoms with E-state index in [1.54, 1.807) is 37.3 Å². The van der Waals surface area contributed by atoms with Gasteiger partial charge < -0.3 is 18.9 Å². The molecule has 0 saturated carbocycles. The first kappa shape index (κ1) is 26.3. The molecule has 0 aliphatic carbocycles. The zero-order valence-corrected chi connectivity index (χ0v) is 21.9. The summed E-state index contributed by atoms with van der Waals surface area (Å²) in [5, 5.41) is 3.97. The number of methoxy groups -OCH3 is 1. The number of halogens is 1. The number of hydrogen-bond acceptors (Lipinski definition) is 9. The third-order valence-corrected chi connectivity index (χ3v) is 8.40. The lowest BCUT2D eigenvalue weighted by molar-refractivity contribution is -0.142. The van der Waals surface area contributed by atoms with Gasteiger partial charge in [0.15, 0.2) is 5.76 Å². The van der Waals surface area contributed by atoms with Crippen LogP contribution in [-0.4, -0.2) is 58.4 Å². The van der Waals surface area contributed by atoms with Gasteiger partial charge in [0.25, 0.3) is 5.91 Å². The lowest BCUT2D eigenvalue weighted by Gasteiger charge is -2.29. The number of hydrogen-bond donors (Lipinski definition) is 1. The van der Waals surface area contributed by atoms with Crippen molar-refractivity contribution >= 4 is 50.5 Å². The van der Waals surface area contributed by atoms with E-state index in [4.69, 9.17) is 25.6 Å². The summed E-state index contributed by atoms with van der Waals surface area (Å²) in [5.41, 5.74) is 1.32. The van der Waals surface area contributed by atoms with E-state index in [-0.39, 0.29) is 23.8 Å². The molecule has 0 radical (unpaired) electrons. The number of anilines is 1. The van der Waals surface area contributed by atoms with Crippen molar-refractivity contribution in [3.05, 3.63) is 52.0 Å². The molecule has 3 aromatic rings. The molecule has 2 aromatic heterocycles. The second-order valence-electron chi connectivity index (χ2n) is 7.89. The van der Waals surface area contributed by atoms with E-state index in [1.807, 2.05) is 0 Å². The molecule has 1 amide bonds. The van der Waals surface area contributed by atoms with Gasteiger partial charge in [0.05, 0.1) is 33.5 Å². The van der Waals surface area contributed by atoms with Crippen LogP contribution in [0.5, 0.6) is 0 Å². The van der Waals surface area contributed by atoms with Gasteiger partial charge in [0, 0.05) is 24.7 Å². The van der Waals surface area contributed by atoms with Gasteiger partial charge in [-0.05, 0) is 36.2 Å². The first-order valence-electron chi connectivity index (χ1n) is 11.0. The van der Waals surface area contributed by atoms with Crippen LogP contribution < -0.4 is 9.62 Å². The van der Waals surface area contributed by atoms with Crippen molar-refractivity contribution in [2.75, 3.05) is 31.8 Å². The molecular weight excluding hydrogens is 530 g/mol. The molecule has 4 rings (SSSR count). The van der Waals surface area contributed by atoms with Gasteiger partial charge in [0.2, 0.25) is 10.0 Å². The molecule has 1 aromatic carbocycles. The quantitative estimate of drug-likeness (QED) is 0.400. The molecule has 0 unspecified atom stereocenters. The fraction of sp³-hybridized carbons (Fsp3) is 0.348. The highest BCUT2D eigenvalue weighted by molar-refractivity contribution is 7.89. The number of sulfonamides is 1. The predicted octanol–water partition coefficient (Wildman–Crippen LogP) is 3.04. The maximum atomic E-state index is 13.5. The smallest absolute Gasteiger partial charge is 0.324 e. The van der Waals surface area contributed by atoms with Crippen molar-refractivity contribution in [2.24, 2.45) is 0 Å². The molecule has 1 N–H and O–H groups in total. The summed E-state index contributed by atoms with van der Waals surface area (Å²) in [6.07, 6.45) is 0.244. The summed E-state index contributed by atoms with van der Waals surface area (Å²) < 4.78 is 45.4. The summed E-state index contributed by atoms with van der Waals surface area (Å²) >= 11 is 7.28. The third-order valence-electron chi connectivity index (χ3n) is 5.60. The van der Waals surface area contributed by atoms with Gasteiger partial charge >= 0.3 is 5.97 Å². The predicted molar refractivity (Wildman–Crippen MR) is 134 cm³/mol. The van der Waals surface area contributed by atoms with E-state index < -0.39 is 22.0 Å². The molecule has 13 heteroatoms. The molecule has 1 fully saturated rings. The lowest BCUT2D eigenvalue weighted by atomic mass is 10.1. The van der Waals surface area contributed by atoms with Gasteiger partial charge in [-0.3, -0.25) is 9.59 Å². The van der Waals surface area contributed by atoms with Crippen molar-refractivity contribution in [1.82, 2.24) is 9.88 Å². The zero-order valence-electron chi connectivity index (χ0n) is 19.5. The first-order chi connectivity index (χ1) is 17.2. The molecule has 1 aliphatic heterocycles. The van der Waals surface area contributed by atoms with Crippen LogP contribution in [0.25, 0.3) is 10.6 Å². The standard InChI is InChI=1S/C23H24ClN3O7S2/c1-3-15-17(27-9-10-33-13-22(27)28)5-4-6-20(15)36(30,31)26-16(23(29)32-2)11-14-12-18(34-25-14)19-7-8-21(24)35-19/h4-8,12,16,26H,3,9-11,13H2,1-2H3/t16-/m0/s1. The fourth-order valence-electron chi connectivity index (χ4n) is 3.93. The molecule has 0 spiro atoms. The van der Waals surface area contributed by atoms with E-state index in [0.29, 0.717) is 46.6 Å². The van der Waals surface area contributed by atoms with Crippen molar-refractivity contribution in [3.63, 3.8) is 0 Å². The van der Waals surface area contributed by atoms with Crippen LogP contribution in [0, 0.1) is 0 Å². The molecule has 192 valence electrons. The van der Waals surface area contributed by atoms with Crippen LogP contribution in [0.15, 0.2) is 45.8 Å². The highest BCUT2D eigenvalue weighted by atomic mass is 35.5. The summed E-state index contributed by atoms with van der Waals surface area (Å²) in [5.74, 6) is -0.580. The fourth-order valence-corrected chi connectivity index (χ4v) is 6.44. The van der Waals surface area contributed by atoms with Gasteiger partial charge in [-0.2, -0.15) is 4.72 Å². The Morgan fingerprint density at radius 3 is 2.81 bits per heavy atom. The van der Waals surface area contributed by atoms with Crippen LogP contribution in [-0.2, 0) is 41.9 Å². The van der Waals surface area contributed by atoms with E-state index >= 15 is 0 Å². The third kappa shape index (κ3) is 5.62. The number of ether oxygens (including phenoxy) is 2. The molecule has 1 atom stereocenters. The van der Waals surface area contributed by atoms with Crippen LogP contribution in [0.1, 0.15) is 18.2 Å². The van der Waals surface area contributed by atoms with Crippen LogP contribution >= 0.6 is 22.9 Å². The van der Waals surface area contributed by atoms with Crippen molar-refractivity contribution < 1.29 is 32.0 Å². The summed E-state index contributed by atoms with van der Waals surface area (Å²) in [4.78, 5) is 27.2. The topological polar surface area (TPSA) is 128 Å². The molecule has 1 saturated heterocycles. The Hall–Kier alpha value is -2.77. The van der Waals surface area contributed by atoms with Crippen LogP contribution in [0.4, 0.5) is 5.69 Å². The minimum atomic E-state index is -4.19. The van der Waals surface area contributed by atoms with E-state index in [9.17, 15) is 18.0 Å². The SMILES string of the molecule is CCc1c(N2CCOCC2=O)cccc1S(=O)(=O)N[C@@H](Cc1cc(-c2ccc(Cl)s2)on1)C(=O)OC. The number of carbonyl (C=O) groups is 2. The number of amides is 1. The number of esters is 1. The highest BCUT2D eigenvalue weighted by Gasteiger charge is 2.31. The van der Waals surface area contributed by atoms with Crippen LogP contribution in [0.2, 0.25) is 4.34 Å². The molecule has 1 aliphatic rings. The van der Waals surface area contributed by atoms with Crippen molar-refractivity contribution in [2.45, 2.75) is 30.7 Å². The Bertz CT molecular complexity index is 1370. The van der Waals surface area contributed by atoms with Crippen molar-refractivity contribution in [1.29, 1.82) is 0 Å². The maximum absolute atomic E-state index is 13.5. The first-order valence-corrected chi connectivity index (χ1v) is 13.7.